The van der Waals surface area contributed by atoms with Crippen LogP contribution in [0, 0.1) is 6.92 Å². The summed E-state index contributed by atoms with van der Waals surface area (Å²) in [5, 5.41) is 4.80. The first-order valence-corrected chi connectivity index (χ1v) is 13.2. The highest BCUT2D eigenvalue weighted by Crippen LogP contribution is 2.62. The summed E-state index contributed by atoms with van der Waals surface area (Å²) < 4.78 is 41.8. The van der Waals surface area contributed by atoms with E-state index in [-0.39, 0.29) is 4.90 Å². The molecule has 0 spiro atoms. The molecule has 1 aromatic heterocycles. The zero-order valence-corrected chi connectivity index (χ0v) is 20.5. The molecule has 30 heavy (non-hydrogen) atoms. The number of halogens is 1. The molecule has 2 N–H and O–H groups in total. The second-order valence-electron chi connectivity index (χ2n) is 7.82. The van der Waals surface area contributed by atoms with Gasteiger partial charge in [0.25, 0.3) is 0 Å². The number of sulfonamides is 1. The molecular formula is C21H24BrN2O4PS. The van der Waals surface area contributed by atoms with Gasteiger partial charge in [0.05, 0.1) is 10.6 Å². The van der Waals surface area contributed by atoms with Gasteiger partial charge in [-0.3, -0.25) is 0 Å². The van der Waals surface area contributed by atoms with Gasteiger partial charge in [-0.1, -0.05) is 42.8 Å². The Morgan fingerprint density at radius 1 is 1.07 bits per heavy atom. The minimum atomic E-state index is -3.78. The molecule has 0 amide bonds. The number of furan rings is 1. The van der Waals surface area contributed by atoms with Crippen LogP contribution in [0.1, 0.15) is 26.5 Å². The molecule has 3 rings (SSSR count). The number of nitrogens with two attached hydrogens (primary N) is 1. The fraction of sp³-hybridized carbons (Fsp3) is 0.238. The van der Waals surface area contributed by atoms with Crippen LogP contribution >= 0.6 is 23.2 Å². The summed E-state index contributed by atoms with van der Waals surface area (Å²) in [7, 11) is -6.56. The Kier molecular flexibility index (Phi) is 6.35. The molecule has 2 aromatic carbocycles. The molecule has 0 saturated heterocycles. The summed E-state index contributed by atoms with van der Waals surface area (Å²) in [4.78, 5) is 0.0305. The van der Waals surface area contributed by atoms with Crippen molar-refractivity contribution in [2.75, 3.05) is 0 Å². The van der Waals surface area contributed by atoms with E-state index in [1.807, 2.05) is 43.3 Å². The van der Waals surface area contributed by atoms with Crippen LogP contribution in [0.3, 0.4) is 0 Å². The zero-order valence-electron chi connectivity index (χ0n) is 17.2. The lowest BCUT2D eigenvalue weighted by Crippen LogP contribution is -2.26. The Bertz CT molecular complexity index is 1210. The molecule has 0 aliphatic heterocycles. The Balaban J connectivity index is 2.25. The van der Waals surface area contributed by atoms with Gasteiger partial charge in [0.15, 0.2) is 5.50 Å². The number of primary sulfonamides is 1. The largest absolute Gasteiger partial charge is 0.457 e. The molecule has 1 heterocycles. The third-order valence-corrected chi connectivity index (χ3v) is 9.46. The van der Waals surface area contributed by atoms with Crippen molar-refractivity contribution >= 4 is 44.4 Å². The van der Waals surface area contributed by atoms with E-state index in [1.54, 1.807) is 12.1 Å². The van der Waals surface area contributed by atoms with Crippen molar-refractivity contribution < 1.29 is 17.4 Å². The quantitative estimate of drug-likeness (QED) is 0.429. The smallest absolute Gasteiger partial charge is 0.238 e. The summed E-state index contributed by atoms with van der Waals surface area (Å²) in [6.07, 6.45) is 0. The van der Waals surface area contributed by atoms with Crippen molar-refractivity contribution in [3.05, 3.63) is 70.9 Å². The molecule has 0 radical (unpaired) electrons. The monoisotopic (exact) mass is 510 g/mol. The van der Waals surface area contributed by atoms with E-state index in [2.05, 4.69) is 36.7 Å². The Labute approximate surface area is 185 Å². The maximum absolute atomic E-state index is 11.6. The molecule has 0 aliphatic rings. The van der Waals surface area contributed by atoms with E-state index in [9.17, 15) is 8.42 Å². The summed E-state index contributed by atoms with van der Waals surface area (Å²) in [6.45, 7) is 8.04. The molecule has 1 atom stereocenters. The van der Waals surface area contributed by atoms with Gasteiger partial charge in [-0.2, -0.15) is 0 Å². The highest BCUT2D eigenvalue weighted by molar-refractivity contribution is 9.10. The van der Waals surface area contributed by atoms with Crippen LogP contribution in [-0.4, -0.2) is 13.6 Å². The van der Waals surface area contributed by atoms with Gasteiger partial charge in [0.1, 0.15) is 11.5 Å². The van der Waals surface area contributed by atoms with Gasteiger partial charge in [0.2, 0.25) is 17.3 Å². The molecule has 0 saturated carbocycles. The minimum absolute atomic E-state index is 0.0305. The first kappa shape index (κ1) is 22.8. The average Bonchev–Trinajstić information content (AvgIpc) is 3.06. The summed E-state index contributed by atoms with van der Waals surface area (Å²) >= 11 is 3.48. The van der Waals surface area contributed by atoms with Crippen LogP contribution in [-0.2, 0) is 10.0 Å². The number of benzene rings is 2. The van der Waals surface area contributed by atoms with Crippen LogP contribution in [0.5, 0.6) is 5.75 Å². The van der Waals surface area contributed by atoms with Crippen LogP contribution < -0.4 is 15.2 Å². The Morgan fingerprint density at radius 2 is 1.73 bits per heavy atom. The zero-order chi connectivity index (χ0) is 22.2. The second kappa shape index (κ2) is 8.35. The van der Waals surface area contributed by atoms with Gasteiger partial charge in [-0.25, -0.2) is 18.3 Å². The maximum atomic E-state index is 11.6. The fourth-order valence-electron chi connectivity index (χ4n) is 2.86. The lowest BCUT2D eigenvalue weighted by molar-refractivity contribution is 0.527. The summed E-state index contributed by atoms with van der Waals surface area (Å²) in [5.41, 5.74) is 1.23. The van der Waals surface area contributed by atoms with E-state index >= 15 is 0 Å². The topological polar surface area (TPSA) is 94.9 Å². The summed E-state index contributed by atoms with van der Waals surface area (Å²) in [5.74, 6) is 1.42. The molecule has 0 aliphatic carbocycles. The van der Waals surface area contributed by atoms with Crippen molar-refractivity contribution in [1.82, 2.24) is 0 Å². The third kappa shape index (κ3) is 4.89. The van der Waals surface area contributed by atoms with Gasteiger partial charge < -0.3 is 8.94 Å². The average molecular weight is 511 g/mol. The number of hydrogen-bond acceptors (Lipinski definition) is 5. The fourth-order valence-corrected chi connectivity index (χ4v) is 6.64. The highest BCUT2D eigenvalue weighted by Gasteiger charge is 2.41. The normalized spacial score (nSPS) is 14.2. The van der Waals surface area contributed by atoms with Crippen LogP contribution in [0.15, 0.2) is 79.2 Å². The van der Waals surface area contributed by atoms with E-state index in [1.165, 1.54) is 12.1 Å². The third-order valence-electron chi connectivity index (χ3n) is 4.39. The summed E-state index contributed by atoms with van der Waals surface area (Å²) in [6, 6.07) is 17.5. The number of aryl methyl sites for hydroxylation is 1. The van der Waals surface area contributed by atoms with Crippen molar-refractivity contribution in [1.29, 1.82) is 0 Å². The molecule has 160 valence electrons. The molecule has 0 bridgehead atoms. The number of hydrogen-bond donors (Lipinski definition) is 1. The number of rotatable bonds is 5. The first-order chi connectivity index (χ1) is 13.9. The molecule has 0 unspecified atom stereocenters. The van der Waals surface area contributed by atoms with Crippen molar-refractivity contribution in [2.45, 2.75) is 37.7 Å². The molecule has 0 fully saturated rings. The predicted octanol–water partition coefficient (Wildman–Crippen LogP) is 5.95. The van der Waals surface area contributed by atoms with Crippen LogP contribution in [0.25, 0.3) is 0 Å². The molecule has 9 heteroatoms. The van der Waals surface area contributed by atoms with Gasteiger partial charge >= 0.3 is 0 Å². The highest BCUT2D eigenvalue weighted by atomic mass is 79.9. The van der Waals surface area contributed by atoms with Crippen LogP contribution in [0.4, 0.5) is 5.69 Å². The van der Waals surface area contributed by atoms with Crippen molar-refractivity contribution in [3.8, 4) is 5.75 Å². The van der Waals surface area contributed by atoms with Crippen molar-refractivity contribution in [2.24, 2.45) is 9.88 Å². The number of nitrogens with zero attached hydrogens (tertiary/aromatic N) is 1. The van der Waals surface area contributed by atoms with E-state index < -0.39 is 22.5 Å². The molecular weight excluding hydrogens is 487 g/mol. The van der Waals surface area contributed by atoms with Crippen molar-refractivity contribution in [3.63, 3.8) is 0 Å². The Morgan fingerprint density at radius 3 is 2.23 bits per heavy atom. The molecule has 6 nitrogen and oxygen atoms in total. The lowest BCUT2D eigenvalue weighted by atomic mass is 10.3. The Hall–Kier alpha value is -1.86. The van der Waals surface area contributed by atoms with Gasteiger partial charge in [-0.15, -0.1) is 0 Å². The van der Waals surface area contributed by atoms with Gasteiger partial charge in [0, 0.05) is 9.63 Å². The van der Waals surface area contributed by atoms with E-state index in [0.717, 1.165) is 10.2 Å². The SMILES string of the molecule is Cc1ccc([P@](=Nc2ccc(S(N)(=O)=O)cc2)(Oc2cccc(Br)c2)C(C)(C)C)o1. The standard InChI is InChI=1S/C21H24BrN2O4PS/c1-15-8-13-20(27-15)29(21(2,3)4,28-18-7-5-6-16(22)14-18)24-17-9-11-19(12-10-17)30(23,25)26/h5-14H,1-4H3,(H2,23,25,26)/t29-/m0/s1. The lowest BCUT2D eigenvalue weighted by Gasteiger charge is -2.35. The second-order valence-corrected chi connectivity index (χ2v) is 13.6. The molecule has 3 aromatic rings. The first-order valence-electron chi connectivity index (χ1n) is 9.18. The predicted molar refractivity (Wildman–Crippen MR) is 124 cm³/mol. The van der Waals surface area contributed by atoms with E-state index in [0.29, 0.717) is 16.9 Å². The van der Waals surface area contributed by atoms with E-state index in [4.69, 9.17) is 18.8 Å². The minimum Gasteiger partial charge on any atom is -0.457 e. The maximum Gasteiger partial charge on any atom is 0.238 e. The van der Waals surface area contributed by atoms with Crippen LogP contribution in [0.2, 0.25) is 0 Å². The van der Waals surface area contributed by atoms with Gasteiger partial charge in [-0.05, 0) is 61.5 Å².